The Balaban J connectivity index is 0.927. The van der Waals surface area contributed by atoms with Crippen LogP contribution in [0.15, 0.2) is 23.8 Å². The first kappa shape index (κ1) is 48.0. The van der Waals surface area contributed by atoms with Crippen LogP contribution in [0.2, 0.25) is 0 Å². The molecule has 4 heterocycles. The molecule has 360 valence electrons. The van der Waals surface area contributed by atoms with Crippen LogP contribution >= 0.6 is 0 Å². The highest BCUT2D eigenvalue weighted by Crippen LogP contribution is 2.67. The topological polar surface area (TPSA) is 296 Å². The minimum atomic E-state index is -1.83. The molecule has 8 aliphatic rings. The predicted octanol–water partition coefficient (Wildman–Crippen LogP) is -1.72. The lowest BCUT2D eigenvalue weighted by Gasteiger charge is -2.54. The number of rotatable bonds is 12. The maximum atomic E-state index is 13.4. The van der Waals surface area contributed by atoms with E-state index < -0.39 is 128 Å². The maximum absolute atomic E-state index is 13.4. The molecule has 3 saturated heterocycles. The first-order chi connectivity index (χ1) is 30.5. The number of aldehydes is 1. The summed E-state index contributed by atoms with van der Waals surface area (Å²) in [5, 5.41) is 85.2. The molecule has 0 aromatic heterocycles. The van der Waals surface area contributed by atoms with Gasteiger partial charge in [0.1, 0.15) is 73.9 Å². The van der Waals surface area contributed by atoms with E-state index in [1.165, 1.54) is 20.1 Å². The Bertz CT molecular complexity index is 1760. The lowest BCUT2D eigenvalue weighted by Crippen LogP contribution is -2.65. The van der Waals surface area contributed by atoms with Crippen LogP contribution in [0.3, 0.4) is 0 Å². The molecule has 0 aromatic rings. The zero-order valence-electron chi connectivity index (χ0n) is 36.2. The highest BCUT2D eigenvalue weighted by molar-refractivity contribution is 5.85. The van der Waals surface area contributed by atoms with Gasteiger partial charge in [-0.2, -0.15) is 0 Å². The van der Waals surface area contributed by atoms with Crippen molar-refractivity contribution in [1.82, 2.24) is 0 Å². The number of carbonyl (C=O) groups excluding carboxylic acids is 3. The van der Waals surface area contributed by atoms with Crippen molar-refractivity contribution in [1.29, 1.82) is 0 Å². The molecule has 20 heteroatoms. The van der Waals surface area contributed by atoms with Gasteiger partial charge in [-0.05, 0) is 81.6 Å². The summed E-state index contributed by atoms with van der Waals surface area (Å²) in [6.45, 7) is 6.26. The minimum absolute atomic E-state index is 0.0580. The van der Waals surface area contributed by atoms with Gasteiger partial charge in [0, 0.05) is 37.4 Å². The van der Waals surface area contributed by atoms with E-state index in [-0.39, 0.29) is 42.2 Å². The second kappa shape index (κ2) is 18.9. The fourth-order valence-electron chi connectivity index (χ4n) is 12.6. The first-order valence-corrected chi connectivity index (χ1v) is 22.5. The lowest BCUT2D eigenvalue weighted by atomic mass is 9.51. The third-order valence-electron chi connectivity index (χ3n) is 15.9. The van der Waals surface area contributed by atoms with Gasteiger partial charge in [0.15, 0.2) is 25.0 Å². The molecule has 23 atom stereocenters. The minimum Gasteiger partial charge on any atom is -0.458 e. The number of ether oxygens (including phenoxy) is 9. The second-order valence-corrected chi connectivity index (χ2v) is 19.2. The van der Waals surface area contributed by atoms with Gasteiger partial charge in [0.05, 0.1) is 31.0 Å². The third-order valence-corrected chi connectivity index (χ3v) is 15.9. The summed E-state index contributed by atoms with van der Waals surface area (Å²) in [7, 11) is 1.36. The SMILES string of the molecule is C=C1[C@@H](C2=CC(=O)OC2)CC[C@@]2(O)[C@@H]1C[C@H]1[C@H]2CC[C@@H]2C[C@@H](O[C@@H]3O[C@@H](C)[C@H](O[C@@H]4O[C@H](CO[C@@H]5O[C@H](CO)[C@@H](O)[C@H](O)[C@H]5O)[C@@H](O)[C@H](O)[C@H]4O)[C@@H](OC)[C@@H]3OC(C)=O)CC[C@@]21C=O. The second-order valence-electron chi connectivity index (χ2n) is 19.2. The molecule has 8 rings (SSSR count). The Kier molecular flexibility index (Phi) is 14.1. The van der Waals surface area contributed by atoms with Crippen molar-refractivity contribution >= 4 is 18.2 Å². The Hall–Kier alpha value is -2.51. The van der Waals surface area contributed by atoms with Gasteiger partial charge >= 0.3 is 11.9 Å². The molecule has 20 nitrogen and oxygen atoms in total. The molecular weight excluding hydrogens is 848 g/mol. The van der Waals surface area contributed by atoms with E-state index in [9.17, 15) is 55.2 Å². The number of methoxy groups -OCH3 is 1. The molecule has 4 saturated carbocycles. The summed E-state index contributed by atoms with van der Waals surface area (Å²) in [6, 6.07) is 0. The smallest absolute Gasteiger partial charge is 0.331 e. The van der Waals surface area contributed by atoms with E-state index in [2.05, 4.69) is 6.58 Å². The fraction of sp³-hybridized carbons (Fsp3) is 0.841. The van der Waals surface area contributed by atoms with Gasteiger partial charge in [-0.3, -0.25) is 4.79 Å². The van der Waals surface area contributed by atoms with Crippen LogP contribution in [0.4, 0.5) is 0 Å². The van der Waals surface area contributed by atoms with Crippen LogP contribution in [-0.4, -0.2) is 190 Å². The van der Waals surface area contributed by atoms with E-state index in [0.717, 1.165) is 23.9 Å². The number of aliphatic hydroxyl groups is 8. The number of cyclic esters (lactones) is 1. The summed E-state index contributed by atoms with van der Waals surface area (Å²) >= 11 is 0. The molecule has 7 fully saturated rings. The van der Waals surface area contributed by atoms with Gasteiger partial charge in [-0.1, -0.05) is 12.2 Å². The number of esters is 2. The Labute approximate surface area is 370 Å². The van der Waals surface area contributed by atoms with Gasteiger partial charge in [0.25, 0.3) is 0 Å². The lowest BCUT2D eigenvalue weighted by molar-refractivity contribution is -0.367. The Morgan fingerprint density at radius 3 is 2.20 bits per heavy atom. The number of hydrogen-bond donors (Lipinski definition) is 8. The van der Waals surface area contributed by atoms with Crippen molar-refractivity contribution in [2.45, 2.75) is 169 Å². The molecule has 0 spiro atoms. The summed E-state index contributed by atoms with van der Waals surface area (Å²) in [5.74, 6) is -1.53. The van der Waals surface area contributed by atoms with Crippen LogP contribution in [0.5, 0.6) is 0 Å². The third kappa shape index (κ3) is 8.42. The number of carbonyl (C=O) groups is 3. The number of hydrogen-bond acceptors (Lipinski definition) is 20. The van der Waals surface area contributed by atoms with E-state index in [0.29, 0.717) is 44.9 Å². The summed E-state index contributed by atoms with van der Waals surface area (Å²) < 4.78 is 52.8. The number of aliphatic hydroxyl groups excluding tert-OH is 7. The molecule has 4 aliphatic heterocycles. The van der Waals surface area contributed by atoms with E-state index in [1.54, 1.807) is 6.92 Å². The zero-order chi connectivity index (χ0) is 46.0. The van der Waals surface area contributed by atoms with Crippen molar-refractivity contribution < 1.29 is 97.9 Å². The predicted molar refractivity (Wildman–Crippen MR) is 213 cm³/mol. The standard InChI is InChI=1S/C44H64O20/c1-18-24(21-11-30(48)57-15-21)8-10-44(55)25-6-5-22-12-23(7-9-43(22,17-46)27(25)13-26(18)44)61-42-39(60-20(3)47)38(56-4)37(19(2)59-42)64-41-36(54)34(52)32(50)29(63-41)16-58-40-35(53)33(51)31(49)28(14-45)62-40/h11,17,19,22-29,31-42,45,49-55H,1,5-10,12-16H2,2-4H3/t19-,22+,23-,24-,25+,26+,27-,28+,29+,31+,32+,33-,34-,35+,36+,37-,38+,39-,40+,41-,42-,43+,44-/m0/s1. The molecule has 4 aliphatic carbocycles. The normalized spacial score (nSPS) is 50.4. The van der Waals surface area contributed by atoms with Crippen molar-refractivity contribution in [3.8, 4) is 0 Å². The largest absolute Gasteiger partial charge is 0.458 e. The Morgan fingerprint density at radius 2 is 1.55 bits per heavy atom. The highest BCUT2D eigenvalue weighted by Gasteiger charge is 2.66. The zero-order valence-corrected chi connectivity index (χ0v) is 36.2. The summed E-state index contributed by atoms with van der Waals surface area (Å²) in [4.78, 5) is 37.9. The monoisotopic (exact) mass is 912 g/mol. The van der Waals surface area contributed by atoms with Crippen molar-refractivity contribution in [3.05, 3.63) is 23.8 Å². The molecule has 64 heavy (non-hydrogen) atoms. The molecule has 0 unspecified atom stereocenters. The summed E-state index contributed by atoms with van der Waals surface area (Å²) in [5.41, 5.74) is 0.0969. The van der Waals surface area contributed by atoms with Gasteiger partial charge < -0.3 is 88.3 Å². The molecule has 0 amide bonds. The van der Waals surface area contributed by atoms with E-state index in [4.69, 9.17) is 42.6 Å². The van der Waals surface area contributed by atoms with Gasteiger partial charge in [-0.15, -0.1) is 0 Å². The number of fused-ring (bicyclic) bond motifs is 5. The molecule has 0 radical (unpaired) electrons. The first-order valence-electron chi connectivity index (χ1n) is 22.5. The average molecular weight is 913 g/mol. The Morgan fingerprint density at radius 1 is 0.844 bits per heavy atom. The maximum Gasteiger partial charge on any atom is 0.331 e. The van der Waals surface area contributed by atoms with Crippen LogP contribution in [0.25, 0.3) is 0 Å². The quantitative estimate of drug-likeness (QED) is 0.0468. The summed E-state index contributed by atoms with van der Waals surface area (Å²) in [6.07, 6.45) is -14.9. The van der Waals surface area contributed by atoms with E-state index in [1.807, 2.05) is 0 Å². The molecule has 0 aromatic carbocycles. The highest BCUT2D eigenvalue weighted by atomic mass is 16.8. The average Bonchev–Trinajstić information content (AvgIpc) is 3.85. The van der Waals surface area contributed by atoms with Gasteiger partial charge in [-0.25, -0.2) is 4.79 Å². The molecular formula is C44H64O20. The van der Waals surface area contributed by atoms with Crippen LogP contribution < -0.4 is 0 Å². The molecule has 0 bridgehead atoms. The van der Waals surface area contributed by atoms with Crippen LogP contribution in [0.1, 0.15) is 65.2 Å². The van der Waals surface area contributed by atoms with Crippen LogP contribution in [0, 0.1) is 35.0 Å². The van der Waals surface area contributed by atoms with Gasteiger partial charge in [0.2, 0.25) is 0 Å². The van der Waals surface area contributed by atoms with Crippen LogP contribution in [-0.2, 0) is 57.0 Å². The fourth-order valence-corrected chi connectivity index (χ4v) is 12.6. The van der Waals surface area contributed by atoms with Crippen molar-refractivity contribution in [3.63, 3.8) is 0 Å². The van der Waals surface area contributed by atoms with Crippen molar-refractivity contribution in [2.75, 3.05) is 26.9 Å². The van der Waals surface area contributed by atoms with E-state index >= 15 is 0 Å². The van der Waals surface area contributed by atoms with Crippen molar-refractivity contribution in [2.24, 2.45) is 35.0 Å². The molecule has 8 N–H and O–H groups in total.